The molecule has 22 heavy (non-hydrogen) atoms. The van der Waals surface area contributed by atoms with Gasteiger partial charge in [-0.1, -0.05) is 30.3 Å². The molecule has 1 atom stereocenters. The number of hydrazone groups is 1. The standard InChI is InChI=1S/C12H17N3O5S2/c1-14(2)22(18,19)15-11(10-7-5-4-6-8-10)9-12(13-15)20-21(3,16)17/h4-8,11H,9H2,1-3H3. The Hall–Kier alpha value is -1.65. The molecular weight excluding hydrogens is 330 g/mol. The van der Waals surface area contributed by atoms with Gasteiger partial charge in [-0.3, -0.25) is 0 Å². The second kappa shape index (κ2) is 5.86. The van der Waals surface area contributed by atoms with Crippen molar-refractivity contribution in [3.63, 3.8) is 0 Å². The Morgan fingerprint density at radius 1 is 1.18 bits per heavy atom. The molecule has 10 heteroatoms. The SMILES string of the molecule is CN(C)S(=O)(=O)N1N=C(OS(C)(=O)=O)CC1c1ccccc1. The molecule has 0 N–H and O–H groups in total. The molecule has 1 unspecified atom stereocenters. The van der Waals surface area contributed by atoms with Gasteiger partial charge in [-0.25, -0.2) is 0 Å². The fraction of sp³-hybridized carbons (Fsp3) is 0.417. The van der Waals surface area contributed by atoms with Gasteiger partial charge in [-0.05, 0) is 5.56 Å². The summed E-state index contributed by atoms with van der Waals surface area (Å²) in [4.78, 5) is 0. The first kappa shape index (κ1) is 16.7. The summed E-state index contributed by atoms with van der Waals surface area (Å²) in [7, 11) is -4.87. The summed E-state index contributed by atoms with van der Waals surface area (Å²) in [5.41, 5.74) is 0.698. The number of nitrogens with zero attached hydrogens (tertiary/aromatic N) is 3. The van der Waals surface area contributed by atoms with Gasteiger partial charge in [0.25, 0.3) is 0 Å². The van der Waals surface area contributed by atoms with Gasteiger partial charge in [-0.15, -0.1) is 5.10 Å². The first-order valence-electron chi connectivity index (χ1n) is 6.35. The number of benzene rings is 1. The van der Waals surface area contributed by atoms with Crippen molar-refractivity contribution in [1.29, 1.82) is 0 Å². The lowest BCUT2D eigenvalue weighted by Gasteiger charge is -2.25. The zero-order valence-corrected chi connectivity index (χ0v) is 14.0. The van der Waals surface area contributed by atoms with E-state index in [-0.39, 0.29) is 12.3 Å². The molecule has 8 nitrogen and oxygen atoms in total. The molecule has 0 aliphatic carbocycles. The Morgan fingerprint density at radius 2 is 1.77 bits per heavy atom. The molecule has 0 spiro atoms. The van der Waals surface area contributed by atoms with Crippen molar-refractivity contribution in [3.8, 4) is 0 Å². The minimum Gasteiger partial charge on any atom is -0.365 e. The highest BCUT2D eigenvalue weighted by molar-refractivity contribution is 7.87. The summed E-state index contributed by atoms with van der Waals surface area (Å²) >= 11 is 0. The summed E-state index contributed by atoms with van der Waals surface area (Å²) in [5.74, 6) is -0.151. The third-order valence-electron chi connectivity index (χ3n) is 2.97. The molecule has 1 aliphatic rings. The molecule has 0 saturated heterocycles. The molecule has 0 radical (unpaired) electrons. The van der Waals surface area contributed by atoms with Gasteiger partial charge in [-0.2, -0.15) is 25.6 Å². The Kier molecular flexibility index (Phi) is 4.45. The Balaban J connectivity index is 2.42. The summed E-state index contributed by atoms with van der Waals surface area (Å²) in [6.45, 7) is 0. The van der Waals surface area contributed by atoms with Crippen LogP contribution >= 0.6 is 0 Å². The first-order valence-corrected chi connectivity index (χ1v) is 9.56. The molecule has 1 aliphatic heterocycles. The van der Waals surface area contributed by atoms with E-state index in [0.717, 1.165) is 15.0 Å². The van der Waals surface area contributed by atoms with Crippen LogP contribution in [0.3, 0.4) is 0 Å². The maximum absolute atomic E-state index is 12.4. The minimum absolute atomic E-state index is 0.0458. The molecule has 0 amide bonds. The molecule has 1 aromatic carbocycles. The molecule has 0 fully saturated rings. The van der Waals surface area contributed by atoms with Crippen LogP contribution in [0.4, 0.5) is 0 Å². The molecule has 122 valence electrons. The van der Waals surface area contributed by atoms with Gasteiger partial charge in [0.2, 0.25) is 5.90 Å². The van der Waals surface area contributed by atoms with E-state index >= 15 is 0 Å². The molecule has 0 saturated carbocycles. The summed E-state index contributed by atoms with van der Waals surface area (Å²) in [6.07, 6.45) is 0.931. The van der Waals surface area contributed by atoms with Gasteiger partial charge in [0.15, 0.2) is 0 Å². The van der Waals surface area contributed by atoms with Crippen molar-refractivity contribution in [2.75, 3.05) is 20.4 Å². The summed E-state index contributed by atoms with van der Waals surface area (Å²) in [5, 5.41) is 3.84. The lowest BCUT2D eigenvalue weighted by Crippen LogP contribution is -2.37. The van der Waals surface area contributed by atoms with E-state index < -0.39 is 26.4 Å². The van der Waals surface area contributed by atoms with Crippen LogP contribution in [0.1, 0.15) is 18.0 Å². The van der Waals surface area contributed by atoms with E-state index in [1.807, 2.05) is 0 Å². The van der Waals surface area contributed by atoms with E-state index in [4.69, 9.17) is 4.18 Å². The van der Waals surface area contributed by atoms with Crippen molar-refractivity contribution >= 4 is 26.2 Å². The zero-order chi connectivity index (χ0) is 16.5. The minimum atomic E-state index is -3.86. The quantitative estimate of drug-likeness (QED) is 0.740. The fourth-order valence-corrected chi connectivity index (χ4v) is 3.49. The Morgan fingerprint density at radius 3 is 2.27 bits per heavy atom. The molecule has 0 aromatic heterocycles. The van der Waals surface area contributed by atoms with E-state index in [1.165, 1.54) is 14.1 Å². The van der Waals surface area contributed by atoms with Crippen LogP contribution in [0.25, 0.3) is 0 Å². The number of hydrogen-bond acceptors (Lipinski definition) is 6. The van der Waals surface area contributed by atoms with Crippen molar-refractivity contribution < 1.29 is 21.0 Å². The maximum atomic E-state index is 12.4. The average Bonchev–Trinajstić information content (AvgIpc) is 2.82. The highest BCUT2D eigenvalue weighted by Gasteiger charge is 2.39. The van der Waals surface area contributed by atoms with E-state index in [9.17, 15) is 16.8 Å². The monoisotopic (exact) mass is 347 g/mol. The van der Waals surface area contributed by atoms with Crippen LogP contribution in [0.2, 0.25) is 0 Å². The van der Waals surface area contributed by atoms with Gasteiger partial charge in [0.05, 0.1) is 18.7 Å². The Bertz CT molecular complexity index is 772. The first-order chi connectivity index (χ1) is 10.1. The van der Waals surface area contributed by atoms with Crippen LogP contribution < -0.4 is 0 Å². The smallest absolute Gasteiger partial charge is 0.319 e. The second-order valence-corrected chi connectivity index (χ2v) is 8.55. The average molecular weight is 347 g/mol. The van der Waals surface area contributed by atoms with Crippen molar-refractivity contribution in [2.45, 2.75) is 12.5 Å². The second-order valence-electron chi connectivity index (χ2n) is 4.97. The zero-order valence-electron chi connectivity index (χ0n) is 12.4. The van der Waals surface area contributed by atoms with E-state index in [2.05, 4.69) is 5.10 Å². The summed E-state index contributed by atoms with van der Waals surface area (Å²) in [6, 6.07) is 8.20. The van der Waals surface area contributed by atoms with Crippen LogP contribution in [0, 0.1) is 0 Å². The molecule has 1 heterocycles. The lowest BCUT2D eigenvalue weighted by molar-refractivity contribution is 0.342. The third-order valence-corrected chi connectivity index (χ3v) is 5.20. The lowest BCUT2D eigenvalue weighted by atomic mass is 10.1. The van der Waals surface area contributed by atoms with Gasteiger partial charge < -0.3 is 4.18 Å². The Labute approximate surface area is 130 Å². The van der Waals surface area contributed by atoms with Gasteiger partial charge in [0.1, 0.15) is 0 Å². The molecular formula is C12H17N3O5S2. The predicted octanol–water partition coefficient (Wildman–Crippen LogP) is 0.530. The third kappa shape index (κ3) is 3.57. The fourth-order valence-electron chi connectivity index (χ4n) is 1.99. The topological polar surface area (TPSA) is 96.3 Å². The highest BCUT2D eigenvalue weighted by atomic mass is 32.2. The molecule has 0 bridgehead atoms. The van der Waals surface area contributed by atoms with Crippen molar-refractivity contribution in [2.24, 2.45) is 5.10 Å². The number of hydrogen-bond donors (Lipinski definition) is 0. The normalized spacial score (nSPS) is 19.4. The largest absolute Gasteiger partial charge is 0.365 e. The van der Waals surface area contributed by atoms with Gasteiger partial charge >= 0.3 is 20.3 Å². The highest BCUT2D eigenvalue weighted by Crippen LogP contribution is 2.34. The van der Waals surface area contributed by atoms with Crippen LogP contribution in [-0.4, -0.2) is 51.8 Å². The van der Waals surface area contributed by atoms with Gasteiger partial charge in [0, 0.05) is 14.1 Å². The maximum Gasteiger partial charge on any atom is 0.319 e. The molecule has 2 rings (SSSR count). The van der Waals surface area contributed by atoms with E-state index in [0.29, 0.717) is 5.56 Å². The number of rotatable bonds is 4. The van der Waals surface area contributed by atoms with Crippen molar-refractivity contribution in [3.05, 3.63) is 35.9 Å². The summed E-state index contributed by atoms with van der Waals surface area (Å²) < 4.78 is 53.9. The van der Waals surface area contributed by atoms with Crippen molar-refractivity contribution in [1.82, 2.24) is 8.72 Å². The predicted molar refractivity (Wildman–Crippen MR) is 81.6 cm³/mol. The van der Waals surface area contributed by atoms with Crippen LogP contribution in [0.15, 0.2) is 35.4 Å². The van der Waals surface area contributed by atoms with Crippen LogP contribution in [0.5, 0.6) is 0 Å². The van der Waals surface area contributed by atoms with Crippen LogP contribution in [-0.2, 0) is 24.5 Å². The van der Waals surface area contributed by atoms with E-state index in [1.54, 1.807) is 30.3 Å². The molecule has 1 aromatic rings.